The SMILES string of the molecule is CN1CCC(NCc2cc(Br)c(Cl)s2)C1. The Morgan fingerprint density at radius 3 is 3.07 bits per heavy atom. The van der Waals surface area contributed by atoms with Crippen LogP contribution in [0.1, 0.15) is 11.3 Å². The van der Waals surface area contributed by atoms with Crippen molar-refractivity contribution < 1.29 is 0 Å². The van der Waals surface area contributed by atoms with E-state index >= 15 is 0 Å². The first-order valence-electron chi connectivity index (χ1n) is 5.01. The highest BCUT2D eigenvalue weighted by atomic mass is 79.9. The highest BCUT2D eigenvalue weighted by Gasteiger charge is 2.18. The second-order valence-electron chi connectivity index (χ2n) is 3.96. The summed E-state index contributed by atoms with van der Waals surface area (Å²) in [6, 6.07) is 2.73. The molecule has 15 heavy (non-hydrogen) atoms. The Morgan fingerprint density at radius 1 is 1.73 bits per heavy atom. The maximum atomic E-state index is 5.98. The zero-order chi connectivity index (χ0) is 10.8. The molecule has 5 heteroatoms. The van der Waals surface area contributed by atoms with Crippen molar-refractivity contribution in [2.24, 2.45) is 0 Å². The molecule has 84 valence electrons. The minimum Gasteiger partial charge on any atom is -0.308 e. The van der Waals surface area contributed by atoms with Gasteiger partial charge in [0.2, 0.25) is 0 Å². The van der Waals surface area contributed by atoms with E-state index in [0.29, 0.717) is 6.04 Å². The van der Waals surface area contributed by atoms with Crippen molar-refractivity contribution in [3.63, 3.8) is 0 Å². The van der Waals surface area contributed by atoms with Gasteiger partial charge in [-0.3, -0.25) is 0 Å². The number of likely N-dealkylation sites (tertiary alicyclic amines) is 1. The summed E-state index contributed by atoms with van der Waals surface area (Å²) in [7, 11) is 2.17. The van der Waals surface area contributed by atoms with Gasteiger partial charge in [0.25, 0.3) is 0 Å². The van der Waals surface area contributed by atoms with Crippen molar-refractivity contribution in [2.45, 2.75) is 19.0 Å². The van der Waals surface area contributed by atoms with Crippen LogP contribution in [0.15, 0.2) is 10.5 Å². The largest absolute Gasteiger partial charge is 0.308 e. The van der Waals surface area contributed by atoms with Crippen molar-refractivity contribution in [3.8, 4) is 0 Å². The van der Waals surface area contributed by atoms with Crippen LogP contribution in [0.4, 0.5) is 0 Å². The van der Waals surface area contributed by atoms with Gasteiger partial charge in [0.05, 0.1) is 0 Å². The van der Waals surface area contributed by atoms with Gasteiger partial charge in [-0.05, 0) is 42.0 Å². The number of thiophene rings is 1. The fourth-order valence-corrected chi connectivity index (χ4v) is 3.57. The number of hydrogen-bond acceptors (Lipinski definition) is 3. The lowest BCUT2D eigenvalue weighted by molar-refractivity contribution is 0.398. The van der Waals surface area contributed by atoms with Gasteiger partial charge in [0.1, 0.15) is 4.34 Å². The first-order chi connectivity index (χ1) is 7.15. The summed E-state index contributed by atoms with van der Waals surface area (Å²) >= 11 is 11.0. The molecule has 1 saturated heterocycles. The average Bonchev–Trinajstić information content (AvgIpc) is 2.72. The summed E-state index contributed by atoms with van der Waals surface area (Å²) in [6.45, 7) is 3.28. The van der Waals surface area contributed by atoms with E-state index in [0.717, 1.165) is 21.9 Å². The Labute approximate surface area is 108 Å². The summed E-state index contributed by atoms with van der Waals surface area (Å²) in [6.07, 6.45) is 1.25. The molecule has 0 aliphatic carbocycles. The first kappa shape index (κ1) is 11.9. The maximum Gasteiger partial charge on any atom is 0.107 e. The van der Waals surface area contributed by atoms with E-state index in [9.17, 15) is 0 Å². The molecule has 1 aromatic rings. The average molecular weight is 310 g/mol. The number of hydrogen-bond donors (Lipinski definition) is 1. The van der Waals surface area contributed by atoms with Crippen molar-refractivity contribution in [2.75, 3.05) is 20.1 Å². The quantitative estimate of drug-likeness (QED) is 0.923. The second-order valence-corrected chi connectivity index (χ2v) is 6.56. The molecule has 0 bridgehead atoms. The van der Waals surface area contributed by atoms with Gasteiger partial charge in [0, 0.05) is 28.5 Å². The van der Waals surface area contributed by atoms with Crippen LogP contribution in [0.5, 0.6) is 0 Å². The molecule has 1 aliphatic rings. The topological polar surface area (TPSA) is 15.3 Å². The van der Waals surface area contributed by atoms with Crippen molar-refractivity contribution >= 4 is 38.9 Å². The van der Waals surface area contributed by atoms with Crippen LogP contribution in [0.25, 0.3) is 0 Å². The van der Waals surface area contributed by atoms with Crippen molar-refractivity contribution in [1.82, 2.24) is 10.2 Å². The minimum atomic E-state index is 0.634. The standard InChI is InChI=1S/C10H14BrClN2S/c1-14-3-2-7(6-14)13-5-8-4-9(11)10(12)15-8/h4,7,13H,2-3,5-6H2,1H3. The van der Waals surface area contributed by atoms with Crippen LogP contribution in [0, 0.1) is 0 Å². The summed E-state index contributed by atoms with van der Waals surface area (Å²) < 4.78 is 1.85. The lowest BCUT2D eigenvalue weighted by Crippen LogP contribution is -2.30. The zero-order valence-electron chi connectivity index (χ0n) is 8.59. The molecule has 2 heterocycles. The highest BCUT2D eigenvalue weighted by Crippen LogP contribution is 2.31. The molecule has 0 saturated carbocycles. The number of nitrogens with one attached hydrogen (secondary N) is 1. The summed E-state index contributed by atoms with van der Waals surface area (Å²) in [5, 5.41) is 3.56. The number of rotatable bonds is 3. The van der Waals surface area contributed by atoms with Crippen molar-refractivity contribution in [1.29, 1.82) is 0 Å². The predicted octanol–water partition coefficient (Wildman–Crippen LogP) is 2.96. The molecule has 2 rings (SSSR count). The van der Waals surface area contributed by atoms with Crippen molar-refractivity contribution in [3.05, 3.63) is 19.8 Å². The zero-order valence-corrected chi connectivity index (χ0v) is 11.8. The molecule has 1 N–H and O–H groups in total. The highest BCUT2D eigenvalue weighted by molar-refractivity contribution is 9.10. The van der Waals surface area contributed by atoms with Gasteiger partial charge in [-0.15, -0.1) is 11.3 Å². The normalized spacial score (nSPS) is 22.5. The van der Waals surface area contributed by atoms with E-state index in [1.807, 2.05) is 0 Å². The Hall–Kier alpha value is 0.390. The smallest absolute Gasteiger partial charge is 0.107 e. The molecule has 0 amide bonds. The molecule has 1 atom stereocenters. The fraction of sp³-hybridized carbons (Fsp3) is 0.600. The number of nitrogens with zero attached hydrogens (tertiary/aromatic N) is 1. The van der Waals surface area contributed by atoms with E-state index in [-0.39, 0.29) is 0 Å². The fourth-order valence-electron chi connectivity index (χ4n) is 1.83. The van der Waals surface area contributed by atoms with Gasteiger partial charge in [0.15, 0.2) is 0 Å². The van der Waals surface area contributed by atoms with E-state index in [1.165, 1.54) is 17.8 Å². The lowest BCUT2D eigenvalue weighted by Gasteiger charge is -2.11. The van der Waals surface area contributed by atoms with Gasteiger partial charge in [-0.2, -0.15) is 0 Å². The van der Waals surface area contributed by atoms with Gasteiger partial charge in [-0.1, -0.05) is 11.6 Å². The molecule has 1 aliphatic heterocycles. The molecule has 0 spiro atoms. The molecule has 1 fully saturated rings. The van der Waals surface area contributed by atoms with Crippen LogP contribution in [-0.2, 0) is 6.54 Å². The molecular formula is C10H14BrClN2S. The third-order valence-corrected chi connectivity index (χ3v) is 5.13. The third kappa shape index (κ3) is 3.17. The van der Waals surface area contributed by atoms with Crippen LogP contribution < -0.4 is 5.32 Å². The lowest BCUT2D eigenvalue weighted by atomic mass is 10.2. The van der Waals surface area contributed by atoms with Crippen LogP contribution in [-0.4, -0.2) is 31.1 Å². The maximum absolute atomic E-state index is 5.98. The summed E-state index contributed by atoms with van der Waals surface area (Å²) in [5.41, 5.74) is 0. The first-order valence-corrected chi connectivity index (χ1v) is 6.99. The molecule has 0 aromatic carbocycles. The predicted molar refractivity (Wildman–Crippen MR) is 69.8 cm³/mol. The van der Waals surface area contributed by atoms with E-state index in [1.54, 1.807) is 11.3 Å². The second kappa shape index (κ2) is 5.15. The molecule has 2 nitrogen and oxygen atoms in total. The van der Waals surface area contributed by atoms with E-state index in [4.69, 9.17) is 11.6 Å². The van der Waals surface area contributed by atoms with Crippen LogP contribution in [0.2, 0.25) is 4.34 Å². The third-order valence-electron chi connectivity index (χ3n) is 2.65. The Kier molecular flexibility index (Phi) is 4.07. The molecule has 1 unspecified atom stereocenters. The molecule has 1 aromatic heterocycles. The van der Waals surface area contributed by atoms with Crippen LogP contribution in [0.3, 0.4) is 0 Å². The van der Waals surface area contributed by atoms with Gasteiger partial charge in [-0.25, -0.2) is 0 Å². The number of halogens is 2. The molecule has 0 radical (unpaired) electrons. The number of likely N-dealkylation sites (N-methyl/N-ethyl adjacent to an activating group) is 1. The summed E-state index contributed by atoms with van der Waals surface area (Å²) in [4.78, 5) is 3.65. The minimum absolute atomic E-state index is 0.634. The van der Waals surface area contributed by atoms with E-state index in [2.05, 4.69) is 39.3 Å². The Morgan fingerprint density at radius 2 is 2.53 bits per heavy atom. The van der Waals surface area contributed by atoms with Gasteiger partial charge >= 0.3 is 0 Å². The Bertz CT molecular complexity index is 323. The van der Waals surface area contributed by atoms with Crippen LogP contribution >= 0.6 is 38.9 Å². The summed E-state index contributed by atoms with van der Waals surface area (Å²) in [5.74, 6) is 0. The Balaban J connectivity index is 1.83. The monoisotopic (exact) mass is 308 g/mol. The van der Waals surface area contributed by atoms with Gasteiger partial charge < -0.3 is 10.2 Å². The molecular weight excluding hydrogens is 296 g/mol. The van der Waals surface area contributed by atoms with E-state index < -0.39 is 0 Å².